The highest BCUT2D eigenvalue weighted by Gasteiger charge is 2.24. The second-order valence-corrected chi connectivity index (χ2v) is 7.81. The van der Waals surface area contributed by atoms with Gasteiger partial charge in [0.25, 0.3) is 0 Å². The quantitative estimate of drug-likeness (QED) is 0.555. The zero-order chi connectivity index (χ0) is 21.8. The minimum absolute atomic E-state index is 0.207. The molecule has 31 heavy (non-hydrogen) atoms. The molecule has 1 N–H and O–H groups in total. The van der Waals surface area contributed by atoms with Crippen LogP contribution in [0.5, 0.6) is 11.5 Å². The van der Waals surface area contributed by atoms with Gasteiger partial charge in [0.05, 0.1) is 7.11 Å². The number of pyridine rings is 1. The van der Waals surface area contributed by atoms with E-state index in [1.54, 1.807) is 49.8 Å². The summed E-state index contributed by atoms with van der Waals surface area (Å²) in [6, 6.07) is 15.2. The first kappa shape index (κ1) is 20.4. The predicted octanol–water partition coefficient (Wildman–Crippen LogP) is 5.59. The Morgan fingerprint density at radius 2 is 1.84 bits per heavy atom. The number of aromatic nitrogens is 1. The third kappa shape index (κ3) is 4.83. The Bertz CT molecular complexity index is 1150. The standard InChI is InChI=1S/C26H24N2O3/c1-26(2)13-10-20-16-18(17-23(25(20)31-26)19-11-14-27-15-12-19)4-9-24(29)28-21-5-7-22(30-3)8-6-21/h4-17H,1-3H3,(H,28,29). The molecule has 0 radical (unpaired) electrons. The number of nitrogens with one attached hydrogen (secondary N) is 1. The maximum atomic E-state index is 12.4. The maximum absolute atomic E-state index is 12.4. The Kier molecular flexibility index (Phi) is 5.58. The molecule has 4 rings (SSSR count). The number of methoxy groups -OCH3 is 1. The number of fused-ring (bicyclic) bond motifs is 1. The lowest BCUT2D eigenvalue weighted by atomic mass is 9.94. The molecular formula is C26H24N2O3. The molecular weight excluding hydrogens is 388 g/mol. The average Bonchev–Trinajstić information content (AvgIpc) is 2.78. The summed E-state index contributed by atoms with van der Waals surface area (Å²) in [5.74, 6) is 1.37. The van der Waals surface area contributed by atoms with Crippen LogP contribution >= 0.6 is 0 Å². The number of anilines is 1. The lowest BCUT2D eigenvalue weighted by Crippen LogP contribution is -2.27. The van der Waals surface area contributed by atoms with Gasteiger partial charge in [0.15, 0.2) is 0 Å². The Morgan fingerprint density at radius 3 is 2.55 bits per heavy atom. The summed E-state index contributed by atoms with van der Waals surface area (Å²) >= 11 is 0. The van der Waals surface area contributed by atoms with Gasteiger partial charge >= 0.3 is 0 Å². The van der Waals surface area contributed by atoms with Crippen molar-refractivity contribution in [2.24, 2.45) is 0 Å². The van der Waals surface area contributed by atoms with Crippen molar-refractivity contribution >= 4 is 23.7 Å². The van der Waals surface area contributed by atoms with Crippen LogP contribution in [-0.2, 0) is 4.79 Å². The molecule has 5 nitrogen and oxygen atoms in total. The molecule has 156 valence electrons. The van der Waals surface area contributed by atoms with Crippen molar-refractivity contribution in [3.63, 3.8) is 0 Å². The molecule has 0 unspecified atom stereocenters. The zero-order valence-corrected chi connectivity index (χ0v) is 17.8. The summed E-state index contributed by atoms with van der Waals surface area (Å²) in [4.78, 5) is 16.5. The third-order valence-electron chi connectivity index (χ3n) is 4.95. The molecule has 0 aliphatic carbocycles. The van der Waals surface area contributed by atoms with Crippen LogP contribution in [-0.4, -0.2) is 23.6 Å². The maximum Gasteiger partial charge on any atom is 0.248 e. The smallest absolute Gasteiger partial charge is 0.248 e. The van der Waals surface area contributed by atoms with E-state index in [9.17, 15) is 4.79 Å². The topological polar surface area (TPSA) is 60.5 Å². The van der Waals surface area contributed by atoms with E-state index in [2.05, 4.69) is 16.4 Å². The van der Waals surface area contributed by atoms with E-state index in [0.29, 0.717) is 5.69 Å². The molecule has 3 aromatic rings. The molecule has 1 aliphatic rings. The highest BCUT2D eigenvalue weighted by atomic mass is 16.5. The molecule has 0 spiro atoms. The van der Waals surface area contributed by atoms with E-state index >= 15 is 0 Å². The van der Waals surface area contributed by atoms with E-state index in [1.807, 2.05) is 44.2 Å². The van der Waals surface area contributed by atoms with Crippen LogP contribution in [0.15, 0.2) is 73.1 Å². The predicted molar refractivity (Wildman–Crippen MR) is 124 cm³/mol. The van der Waals surface area contributed by atoms with Gasteiger partial charge in [-0.15, -0.1) is 0 Å². The lowest BCUT2D eigenvalue weighted by molar-refractivity contribution is -0.111. The Morgan fingerprint density at radius 1 is 1.10 bits per heavy atom. The number of carbonyl (C=O) groups is 1. The molecule has 5 heteroatoms. The van der Waals surface area contributed by atoms with Crippen LogP contribution < -0.4 is 14.8 Å². The average molecular weight is 412 g/mol. The van der Waals surface area contributed by atoms with Crippen LogP contribution in [0, 0.1) is 0 Å². The zero-order valence-electron chi connectivity index (χ0n) is 17.8. The summed E-state index contributed by atoms with van der Waals surface area (Å²) in [6.07, 6.45) is 11.0. The molecule has 0 saturated carbocycles. The van der Waals surface area contributed by atoms with Crippen molar-refractivity contribution in [1.29, 1.82) is 0 Å². The van der Waals surface area contributed by atoms with Gasteiger partial charge in [0.2, 0.25) is 5.91 Å². The van der Waals surface area contributed by atoms with Crippen molar-refractivity contribution in [3.8, 4) is 22.6 Å². The fourth-order valence-corrected chi connectivity index (χ4v) is 3.37. The Labute approximate surface area is 182 Å². The van der Waals surface area contributed by atoms with Crippen LogP contribution in [0.1, 0.15) is 25.0 Å². The number of hydrogen-bond acceptors (Lipinski definition) is 4. The molecule has 2 aromatic carbocycles. The largest absolute Gasteiger partial charge is 0.497 e. The van der Waals surface area contributed by atoms with Gasteiger partial charge in [-0.05, 0) is 85.7 Å². The first-order valence-electron chi connectivity index (χ1n) is 10.0. The molecule has 1 aliphatic heterocycles. The first-order chi connectivity index (χ1) is 14.9. The monoisotopic (exact) mass is 412 g/mol. The van der Waals surface area contributed by atoms with Crippen LogP contribution in [0.2, 0.25) is 0 Å². The number of carbonyl (C=O) groups excluding carboxylic acids is 1. The number of hydrogen-bond donors (Lipinski definition) is 1. The second kappa shape index (κ2) is 8.48. The van der Waals surface area contributed by atoms with Gasteiger partial charge in [0, 0.05) is 35.3 Å². The summed E-state index contributed by atoms with van der Waals surface area (Å²) in [6.45, 7) is 4.06. The SMILES string of the molecule is COc1ccc(NC(=O)C=Cc2cc3c(c(-c4ccncc4)c2)OC(C)(C)C=C3)cc1. The normalized spacial score (nSPS) is 14.0. The molecule has 1 amide bonds. The van der Waals surface area contributed by atoms with Gasteiger partial charge in [-0.3, -0.25) is 9.78 Å². The Hall–Kier alpha value is -3.86. The highest BCUT2D eigenvalue weighted by Crippen LogP contribution is 2.40. The number of ether oxygens (including phenoxy) is 2. The minimum atomic E-state index is -0.385. The summed E-state index contributed by atoms with van der Waals surface area (Å²) in [5, 5.41) is 2.85. The van der Waals surface area contributed by atoms with E-state index in [-0.39, 0.29) is 11.5 Å². The third-order valence-corrected chi connectivity index (χ3v) is 4.95. The van der Waals surface area contributed by atoms with Crippen LogP contribution in [0.25, 0.3) is 23.3 Å². The number of benzene rings is 2. The number of amides is 1. The number of rotatable bonds is 5. The van der Waals surface area contributed by atoms with Crippen LogP contribution in [0.3, 0.4) is 0 Å². The van der Waals surface area contributed by atoms with E-state index < -0.39 is 0 Å². The van der Waals surface area contributed by atoms with Gasteiger partial charge < -0.3 is 14.8 Å². The molecule has 0 bridgehead atoms. The van der Waals surface area contributed by atoms with E-state index in [0.717, 1.165) is 33.8 Å². The van der Waals surface area contributed by atoms with Gasteiger partial charge in [-0.2, -0.15) is 0 Å². The second-order valence-electron chi connectivity index (χ2n) is 7.81. The first-order valence-corrected chi connectivity index (χ1v) is 10.0. The fraction of sp³-hybridized carbons (Fsp3) is 0.154. The van der Waals surface area contributed by atoms with Gasteiger partial charge in [-0.1, -0.05) is 6.08 Å². The van der Waals surface area contributed by atoms with Crippen molar-refractivity contribution in [2.75, 3.05) is 12.4 Å². The van der Waals surface area contributed by atoms with E-state index in [1.165, 1.54) is 6.08 Å². The summed E-state index contributed by atoms with van der Waals surface area (Å²) in [7, 11) is 1.61. The molecule has 0 atom stereocenters. The molecule has 1 aromatic heterocycles. The van der Waals surface area contributed by atoms with Crippen molar-refractivity contribution in [2.45, 2.75) is 19.4 Å². The minimum Gasteiger partial charge on any atom is -0.497 e. The molecule has 2 heterocycles. The van der Waals surface area contributed by atoms with E-state index in [4.69, 9.17) is 9.47 Å². The van der Waals surface area contributed by atoms with Crippen molar-refractivity contribution in [3.05, 3.63) is 84.2 Å². The number of nitrogens with zero attached hydrogens (tertiary/aromatic N) is 1. The summed E-state index contributed by atoms with van der Waals surface area (Å²) < 4.78 is 11.4. The molecule has 0 fully saturated rings. The lowest BCUT2D eigenvalue weighted by Gasteiger charge is -2.30. The van der Waals surface area contributed by atoms with Crippen molar-refractivity contribution < 1.29 is 14.3 Å². The fourth-order valence-electron chi connectivity index (χ4n) is 3.37. The summed E-state index contributed by atoms with van der Waals surface area (Å²) in [5.41, 5.74) is 4.18. The van der Waals surface area contributed by atoms with Crippen LogP contribution in [0.4, 0.5) is 5.69 Å². The van der Waals surface area contributed by atoms with Gasteiger partial charge in [-0.25, -0.2) is 0 Å². The van der Waals surface area contributed by atoms with Crippen molar-refractivity contribution in [1.82, 2.24) is 4.98 Å². The van der Waals surface area contributed by atoms with Gasteiger partial charge in [0.1, 0.15) is 17.1 Å². The Balaban J connectivity index is 1.62. The highest BCUT2D eigenvalue weighted by molar-refractivity contribution is 6.02. The molecule has 0 saturated heterocycles.